The molecule has 5 nitrogen and oxygen atoms in total. The zero-order valence-electron chi connectivity index (χ0n) is 9.64. The fraction of sp³-hybridized carbons (Fsp3) is 0.333. The smallest absolute Gasteiger partial charge is 0.305 e. The number of carbonyl (C=O) groups is 2. The van der Waals surface area contributed by atoms with Gasteiger partial charge in [0.05, 0.1) is 13.7 Å². The maximum absolute atomic E-state index is 10.9. The third kappa shape index (κ3) is 4.55. The van der Waals surface area contributed by atoms with Crippen molar-refractivity contribution in [2.45, 2.75) is 12.8 Å². The van der Waals surface area contributed by atoms with Crippen molar-refractivity contribution in [3.63, 3.8) is 0 Å². The van der Waals surface area contributed by atoms with Crippen LogP contribution < -0.4 is 10.5 Å². The Balaban J connectivity index is 2.39. The standard InChI is InChI=1S/C12H15NO4/c1-16-11(14)6-3-7-17-10-5-2-4-9(8-10)12(13)15/h2,4-5,8H,3,6-7H2,1H3,(H2,13,15). The highest BCUT2D eigenvalue weighted by molar-refractivity contribution is 5.93. The third-order valence-electron chi connectivity index (χ3n) is 2.14. The molecule has 0 fully saturated rings. The van der Waals surface area contributed by atoms with E-state index in [0.717, 1.165) is 0 Å². The molecule has 2 N–H and O–H groups in total. The molecule has 5 heteroatoms. The highest BCUT2D eigenvalue weighted by Gasteiger charge is 2.03. The Labute approximate surface area is 99.5 Å². The molecule has 0 bridgehead atoms. The number of methoxy groups -OCH3 is 1. The monoisotopic (exact) mass is 237 g/mol. The van der Waals surface area contributed by atoms with Gasteiger partial charge in [0.1, 0.15) is 5.75 Å². The summed E-state index contributed by atoms with van der Waals surface area (Å²) in [4.78, 5) is 21.7. The van der Waals surface area contributed by atoms with Crippen LogP contribution >= 0.6 is 0 Å². The van der Waals surface area contributed by atoms with E-state index in [1.807, 2.05) is 0 Å². The summed E-state index contributed by atoms with van der Waals surface area (Å²) in [5.41, 5.74) is 5.54. The Morgan fingerprint density at radius 1 is 1.35 bits per heavy atom. The molecule has 0 aromatic heterocycles. The molecular formula is C12H15NO4. The van der Waals surface area contributed by atoms with E-state index in [0.29, 0.717) is 30.8 Å². The van der Waals surface area contributed by atoms with Crippen LogP contribution in [0.3, 0.4) is 0 Å². The second-order valence-corrected chi connectivity index (χ2v) is 3.42. The van der Waals surface area contributed by atoms with Crippen molar-refractivity contribution < 1.29 is 19.1 Å². The van der Waals surface area contributed by atoms with Crippen molar-refractivity contribution in [3.05, 3.63) is 29.8 Å². The average molecular weight is 237 g/mol. The van der Waals surface area contributed by atoms with Crippen LogP contribution in [0, 0.1) is 0 Å². The number of primary amides is 1. The van der Waals surface area contributed by atoms with Gasteiger partial charge in [-0.1, -0.05) is 6.07 Å². The molecule has 0 atom stereocenters. The first-order valence-electron chi connectivity index (χ1n) is 5.23. The van der Waals surface area contributed by atoms with Gasteiger partial charge in [-0.15, -0.1) is 0 Å². The van der Waals surface area contributed by atoms with Gasteiger partial charge in [-0.2, -0.15) is 0 Å². The lowest BCUT2D eigenvalue weighted by Crippen LogP contribution is -2.11. The van der Waals surface area contributed by atoms with Gasteiger partial charge in [0.25, 0.3) is 0 Å². The van der Waals surface area contributed by atoms with Crippen LogP contribution in [0.15, 0.2) is 24.3 Å². The van der Waals surface area contributed by atoms with Gasteiger partial charge in [0, 0.05) is 12.0 Å². The van der Waals surface area contributed by atoms with Crippen molar-refractivity contribution in [3.8, 4) is 5.75 Å². The van der Waals surface area contributed by atoms with E-state index in [4.69, 9.17) is 10.5 Å². The number of amides is 1. The zero-order chi connectivity index (χ0) is 12.7. The molecule has 0 aliphatic rings. The van der Waals surface area contributed by atoms with E-state index in [2.05, 4.69) is 4.74 Å². The largest absolute Gasteiger partial charge is 0.494 e. The van der Waals surface area contributed by atoms with Crippen molar-refractivity contribution in [2.24, 2.45) is 5.73 Å². The lowest BCUT2D eigenvalue weighted by Gasteiger charge is -2.06. The molecule has 1 aromatic carbocycles. The first kappa shape index (κ1) is 13.0. The van der Waals surface area contributed by atoms with Gasteiger partial charge in [0.15, 0.2) is 0 Å². The Hall–Kier alpha value is -2.04. The Kier molecular flexibility index (Phi) is 5.00. The van der Waals surface area contributed by atoms with Crippen LogP contribution in [0.5, 0.6) is 5.75 Å². The van der Waals surface area contributed by atoms with E-state index in [-0.39, 0.29) is 5.97 Å². The van der Waals surface area contributed by atoms with Crippen LogP contribution in [0.1, 0.15) is 23.2 Å². The van der Waals surface area contributed by atoms with E-state index >= 15 is 0 Å². The summed E-state index contributed by atoms with van der Waals surface area (Å²) >= 11 is 0. The third-order valence-corrected chi connectivity index (χ3v) is 2.14. The number of ether oxygens (including phenoxy) is 2. The molecule has 0 radical (unpaired) electrons. The number of nitrogens with two attached hydrogens (primary N) is 1. The molecule has 17 heavy (non-hydrogen) atoms. The lowest BCUT2D eigenvalue weighted by atomic mass is 10.2. The van der Waals surface area contributed by atoms with Crippen LogP contribution in [-0.2, 0) is 9.53 Å². The molecule has 0 unspecified atom stereocenters. The zero-order valence-corrected chi connectivity index (χ0v) is 9.64. The Bertz CT molecular complexity index is 403. The van der Waals surface area contributed by atoms with Gasteiger partial charge < -0.3 is 15.2 Å². The molecule has 1 rings (SSSR count). The van der Waals surface area contributed by atoms with Crippen molar-refractivity contribution >= 4 is 11.9 Å². The predicted molar refractivity (Wildman–Crippen MR) is 61.7 cm³/mol. The summed E-state index contributed by atoms with van der Waals surface area (Å²) in [6.07, 6.45) is 0.874. The van der Waals surface area contributed by atoms with Gasteiger partial charge >= 0.3 is 5.97 Å². The maximum atomic E-state index is 10.9. The summed E-state index contributed by atoms with van der Waals surface area (Å²) in [7, 11) is 1.35. The fourth-order valence-corrected chi connectivity index (χ4v) is 1.25. The van der Waals surface area contributed by atoms with E-state index in [9.17, 15) is 9.59 Å². The summed E-state index contributed by atoms with van der Waals surface area (Å²) in [5.74, 6) is -0.198. The quantitative estimate of drug-likeness (QED) is 0.594. The second-order valence-electron chi connectivity index (χ2n) is 3.42. The molecular weight excluding hydrogens is 222 g/mol. The number of rotatable bonds is 6. The predicted octanol–water partition coefficient (Wildman–Crippen LogP) is 1.12. The molecule has 92 valence electrons. The van der Waals surface area contributed by atoms with E-state index in [1.54, 1.807) is 24.3 Å². The second kappa shape index (κ2) is 6.52. The molecule has 0 aliphatic heterocycles. The lowest BCUT2D eigenvalue weighted by molar-refractivity contribution is -0.140. The summed E-state index contributed by atoms with van der Waals surface area (Å²) in [5, 5.41) is 0. The molecule has 0 saturated carbocycles. The maximum Gasteiger partial charge on any atom is 0.305 e. The molecule has 0 aliphatic carbocycles. The van der Waals surface area contributed by atoms with Crippen molar-refractivity contribution in [1.82, 2.24) is 0 Å². The fourth-order valence-electron chi connectivity index (χ4n) is 1.25. The number of benzene rings is 1. The van der Waals surface area contributed by atoms with E-state index in [1.165, 1.54) is 7.11 Å². The first-order chi connectivity index (χ1) is 8.13. The first-order valence-corrected chi connectivity index (χ1v) is 5.23. The number of hydrogen-bond acceptors (Lipinski definition) is 4. The average Bonchev–Trinajstić information content (AvgIpc) is 2.34. The highest BCUT2D eigenvalue weighted by Crippen LogP contribution is 2.13. The van der Waals surface area contributed by atoms with Crippen molar-refractivity contribution in [1.29, 1.82) is 0 Å². The minimum Gasteiger partial charge on any atom is -0.494 e. The summed E-state index contributed by atoms with van der Waals surface area (Å²) in [6, 6.07) is 6.60. The number of esters is 1. The molecule has 1 aromatic rings. The Morgan fingerprint density at radius 2 is 2.12 bits per heavy atom. The van der Waals surface area contributed by atoms with Crippen LogP contribution in [-0.4, -0.2) is 25.6 Å². The topological polar surface area (TPSA) is 78.6 Å². The van der Waals surface area contributed by atoms with Crippen LogP contribution in [0.2, 0.25) is 0 Å². The van der Waals surface area contributed by atoms with E-state index < -0.39 is 5.91 Å². The summed E-state index contributed by atoms with van der Waals surface area (Å²) < 4.78 is 9.87. The SMILES string of the molecule is COC(=O)CCCOc1cccc(C(N)=O)c1. The van der Waals surface area contributed by atoms with Gasteiger partial charge in [-0.3, -0.25) is 9.59 Å². The minimum absolute atomic E-state index is 0.264. The summed E-state index contributed by atoms with van der Waals surface area (Å²) in [6.45, 7) is 0.386. The van der Waals surface area contributed by atoms with Gasteiger partial charge in [-0.25, -0.2) is 0 Å². The van der Waals surface area contributed by atoms with Crippen LogP contribution in [0.25, 0.3) is 0 Å². The van der Waals surface area contributed by atoms with Gasteiger partial charge in [0.2, 0.25) is 5.91 Å². The molecule has 1 amide bonds. The highest BCUT2D eigenvalue weighted by atomic mass is 16.5. The number of carbonyl (C=O) groups excluding carboxylic acids is 2. The van der Waals surface area contributed by atoms with Crippen LogP contribution in [0.4, 0.5) is 0 Å². The molecule has 0 saturated heterocycles. The normalized spacial score (nSPS) is 9.71. The Morgan fingerprint density at radius 3 is 2.76 bits per heavy atom. The molecule has 0 spiro atoms. The van der Waals surface area contributed by atoms with Crippen molar-refractivity contribution in [2.75, 3.05) is 13.7 Å². The minimum atomic E-state index is -0.495. The molecule has 0 heterocycles. The van der Waals surface area contributed by atoms with Gasteiger partial charge in [-0.05, 0) is 24.6 Å². The number of hydrogen-bond donors (Lipinski definition) is 1.